The molecule has 110 valence electrons. The van der Waals surface area contributed by atoms with Gasteiger partial charge in [0.1, 0.15) is 0 Å². The van der Waals surface area contributed by atoms with Gasteiger partial charge in [-0.05, 0) is 44.0 Å². The lowest BCUT2D eigenvalue weighted by molar-refractivity contribution is 0.0697. The number of carbonyl (C=O) groups is 1. The molecular formula is C15H15ClN2O2S. The lowest BCUT2D eigenvalue weighted by atomic mass is 10.1. The smallest absolute Gasteiger partial charge is 0.335 e. The van der Waals surface area contributed by atoms with Crippen LogP contribution < -0.4 is 0 Å². The molecule has 1 heterocycles. The highest BCUT2D eigenvalue weighted by molar-refractivity contribution is 7.98. The van der Waals surface area contributed by atoms with E-state index in [1.807, 2.05) is 20.8 Å². The van der Waals surface area contributed by atoms with Crippen molar-refractivity contribution in [2.45, 2.75) is 31.7 Å². The molecule has 0 bridgehead atoms. The summed E-state index contributed by atoms with van der Waals surface area (Å²) in [5.41, 5.74) is 4.09. The van der Waals surface area contributed by atoms with Crippen molar-refractivity contribution in [2.75, 3.05) is 0 Å². The number of aryl methyl sites for hydroxylation is 2. The molecule has 0 radical (unpaired) electrons. The summed E-state index contributed by atoms with van der Waals surface area (Å²) >= 11 is 7.59. The first-order valence-corrected chi connectivity index (χ1v) is 7.71. The first kappa shape index (κ1) is 15.8. The molecule has 0 fully saturated rings. The van der Waals surface area contributed by atoms with E-state index in [9.17, 15) is 4.79 Å². The van der Waals surface area contributed by atoms with Gasteiger partial charge in [0.2, 0.25) is 0 Å². The molecule has 1 aromatic carbocycles. The van der Waals surface area contributed by atoms with Gasteiger partial charge in [0, 0.05) is 22.2 Å². The summed E-state index contributed by atoms with van der Waals surface area (Å²) in [6.45, 7) is 5.92. The van der Waals surface area contributed by atoms with Crippen molar-refractivity contribution in [2.24, 2.45) is 0 Å². The Bertz CT molecular complexity index is 681. The van der Waals surface area contributed by atoms with Gasteiger partial charge in [-0.25, -0.2) is 14.8 Å². The van der Waals surface area contributed by atoms with Gasteiger partial charge in [0.25, 0.3) is 0 Å². The minimum absolute atomic E-state index is 0.187. The molecule has 0 aliphatic carbocycles. The molecule has 0 unspecified atom stereocenters. The zero-order chi connectivity index (χ0) is 15.6. The number of aromatic nitrogens is 2. The highest BCUT2D eigenvalue weighted by atomic mass is 35.5. The number of benzene rings is 1. The molecule has 0 saturated carbocycles. The van der Waals surface area contributed by atoms with E-state index >= 15 is 0 Å². The van der Waals surface area contributed by atoms with Crippen LogP contribution in [-0.2, 0) is 5.75 Å². The maximum absolute atomic E-state index is 10.9. The fourth-order valence-electron chi connectivity index (χ4n) is 1.75. The second kappa shape index (κ2) is 6.45. The van der Waals surface area contributed by atoms with E-state index in [0.29, 0.717) is 15.9 Å². The predicted molar refractivity (Wildman–Crippen MR) is 84.2 cm³/mol. The maximum Gasteiger partial charge on any atom is 0.335 e. The van der Waals surface area contributed by atoms with E-state index in [1.54, 1.807) is 12.1 Å². The van der Waals surface area contributed by atoms with Crippen molar-refractivity contribution in [1.82, 2.24) is 9.97 Å². The third kappa shape index (κ3) is 3.74. The molecule has 4 nitrogen and oxygen atoms in total. The summed E-state index contributed by atoms with van der Waals surface area (Å²) in [6.07, 6.45) is 0. The normalized spacial score (nSPS) is 10.7. The summed E-state index contributed by atoms with van der Waals surface area (Å²) < 4.78 is 0. The van der Waals surface area contributed by atoms with E-state index < -0.39 is 5.97 Å². The fraction of sp³-hybridized carbons (Fsp3) is 0.267. The Balaban J connectivity index is 2.15. The molecule has 2 rings (SSSR count). The lowest BCUT2D eigenvalue weighted by Gasteiger charge is -2.08. The SMILES string of the molecule is Cc1nc(SCc2ccc(C(=O)O)cc2Cl)nc(C)c1C. The highest BCUT2D eigenvalue weighted by Crippen LogP contribution is 2.26. The van der Waals surface area contributed by atoms with Gasteiger partial charge in [-0.3, -0.25) is 0 Å². The molecule has 21 heavy (non-hydrogen) atoms. The number of carboxylic acids is 1. The molecule has 6 heteroatoms. The van der Waals surface area contributed by atoms with Crippen molar-refractivity contribution < 1.29 is 9.90 Å². The largest absolute Gasteiger partial charge is 0.478 e. The summed E-state index contributed by atoms with van der Waals surface area (Å²) in [4.78, 5) is 19.7. The summed E-state index contributed by atoms with van der Waals surface area (Å²) in [6, 6.07) is 4.75. The van der Waals surface area contributed by atoms with Crippen LogP contribution in [0.3, 0.4) is 0 Å². The topological polar surface area (TPSA) is 63.1 Å². The number of hydrogen-bond acceptors (Lipinski definition) is 4. The monoisotopic (exact) mass is 322 g/mol. The van der Waals surface area contributed by atoms with E-state index in [1.165, 1.54) is 17.8 Å². The second-order valence-corrected chi connectivity index (χ2v) is 6.05. The van der Waals surface area contributed by atoms with Crippen molar-refractivity contribution in [1.29, 1.82) is 0 Å². The number of aromatic carboxylic acids is 1. The van der Waals surface area contributed by atoms with Crippen LogP contribution in [0.5, 0.6) is 0 Å². The van der Waals surface area contributed by atoms with Gasteiger partial charge in [-0.1, -0.05) is 29.4 Å². The van der Waals surface area contributed by atoms with Gasteiger partial charge in [-0.15, -0.1) is 0 Å². The number of thioether (sulfide) groups is 1. The van der Waals surface area contributed by atoms with Gasteiger partial charge in [-0.2, -0.15) is 0 Å². The molecule has 0 aliphatic heterocycles. The van der Waals surface area contributed by atoms with Crippen LogP contribution in [-0.4, -0.2) is 21.0 Å². The molecule has 0 amide bonds. The first-order valence-electron chi connectivity index (χ1n) is 6.35. The molecular weight excluding hydrogens is 308 g/mol. The van der Waals surface area contributed by atoms with Gasteiger partial charge in [0.15, 0.2) is 5.16 Å². The Kier molecular flexibility index (Phi) is 4.85. The molecule has 1 aromatic heterocycles. The Morgan fingerprint density at radius 1 is 1.24 bits per heavy atom. The second-order valence-electron chi connectivity index (χ2n) is 4.70. The standard InChI is InChI=1S/C15H15ClN2O2S/c1-8-9(2)17-15(18-10(8)3)21-7-12-5-4-11(14(19)20)6-13(12)16/h4-6H,7H2,1-3H3,(H,19,20). The number of hydrogen-bond donors (Lipinski definition) is 1. The Hall–Kier alpha value is -1.59. The van der Waals surface area contributed by atoms with Crippen LogP contribution in [0, 0.1) is 20.8 Å². The van der Waals surface area contributed by atoms with Crippen molar-refractivity contribution in [3.8, 4) is 0 Å². The minimum Gasteiger partial charge on any atom is -0.478 e. The first-order chi connectivity index (χ1) is 9.88. The van der Waals surface area contributed by atoms with Crippen LogP contribution >= 0.6 is 23.4 Å². The fourth-order valence-corrected chi connectivity index (χ4v) is 3.01. The molecule has 0 saturated heterocycles. The molecule has 0 spiro atoms. The van der Waals surface area contributed by atoms with E-state index in [2.05, 4.69) is 9.97 Å². The van der Waals surface area contributed by atoms with Crippen molar-refractivity contribution >= 4 is 29.3 Å². The van der Waals surface area contributed by atoms with Crippen molar-refractivity contribution in [3.63, 3.8) is 0 Å². The number of nitrogens with zero attached hydrogens (tertiary/aromatic N) is 2. The number of rotatable bonds is 4. The molecule has 1 N–H and O–H groups in total. The van der Waals surface area contributed by atoms with E-state index in [0.717, 1.165) is 22.5 Å². The maximum atomic E-state index is 10.9. The average Bonchev–Trinajstić information content (AvgIpc) is 2.43. The Morgan fingerprint density at radius 2 is 1.86 bits per heavy atom. The average molecular weight is 323 g/mol. The van der Waals surface area contributed by atoms with Crippen LogP contribution in [0.4, 0.5) is 0 Å². The zero-order valence-corrected chi connectivity index (χ0v) is 13.5. The van der Waals surface area contributed by atoms with E-state index in [-0.39, 0.29) is 5.56 Å². The number of halogens is 1. The van der Waals surface area contributed by atoms with Crippen LogP contribution in [0.1, 0.15) is 32.9 Å². The molecule has 0 aliphatic rings. The van der Waals surface area contributed by atoms with Gasteiger partial charge >= 0.3 is 5.97 Å². The minimum atomic E-state index is -0.982. The summed E-state index contributed by atoms with van der Waals surface area (Å²) in [5.74, 6) is -0.384. The summed E-state index contributed by atoms with van der Waals surface area (Å²) in [7, 11) is 0. The lowest BCUT2D eigenvalue weighted by Crippen LogP contribution is -1.99. The Morgan fingerprint density at radius 3 is 2.38 bits per heavy atom. The quantitative estimate of drug-likeness (QED) is 0.679. The molecule has 2 aromatic rings. The van der Waals surface area contributed by atoms with Crippen LogP contribution in [0.15, 0.2) is 23.4 Å². The van der Waals surface area contributed by atoms with Crippen molar-refractivity contribution in [3.05, 3.63) is 51.3 Å². The van der Waals surface area contributed by atoms with Gasteiger partial charge in [0.05, 0.1) is 5.56 Å². The predicted octanol–water partition coefficient (Wildman–Crippen LogP) is 4.05. The third-order valence-electron chi connectivity index (χ3n) is 3.27. The van der Waals surface area contributed by atoms with E-state index in [4.69, 9.17) is 16.7 Å². The van der Waals surface area contributed by atoms with Crippen LogP contribution in [0.25, 0.3) is 0 Å². The van der Waals surface area contributed by atoms with Gasteiger partial charge < -0.3 is 5.11 Å². The summed E-state index contributed by atoms with van der Waals surface area (Å²) in [5, 5.41) is 10.1. The molecule has 0 atom stereocenters. The third-order valence-corrected chi connectivity index (χ3v) is 4.52. The Labute approximate surface area is 132 Å². The number of carboxylic acid groups (broad SMARTS) is 1. The highest BCUT2D eigenvalue weighted by Gasteiger charge is 2.09. The van der Waals surface area contributed by atoms with Crippen LogP contribution in [0.2, 0.25) is 5.02 Å². The zero-order valence-electron chi connectivity index (χ0n) is 12.0.